The first-order valence-electron chi connectivity index (χ1n) is 6.74. The number of rotatable bonds is 8. The molecule has 1 rings (SSSR count). The van der Waals surface area contributed by atoms with E-state index in [2.05, 4.69) is 19.2 Å². The van der Waals surface area contributed by atoms with Crippen LogP contribution >= 0.6 is 0 Å². The van der Waals surface area contributed by atoms with Gasteiger partial charge in [0.1, 0.15) is 5.82 Å². The van der Waals surface area contributed by atoms with Crippen molar-refractivity contribution in [1.82, 2.24) is 5.32 Å². The molecule has 96 valence electrons. The highest BCUT2D eigenvalue weighted by Gasteiger charge is 2.08. The molecular weight excluding hydrogens is 213 g/mol. The van der Waals surface area contributed by atoms with E-state index in [1.165, 1.54) is 12.8 Å². The fourth-order valence-electron chi connectivity index (χ4n) is 2.08. The zero-order valence-corrected chi connectivity index (χ0v) is 11.0. The maximum absolute atomic E-state index is 13.5. The summed E-state index contributed by atoms with van der Waals surface area (Å²) in [5.74, 6) is -0.0711. The van der Waals surface area contributed by atoms with E-state index in [4.69, 9.17) is 0 Å². The molecule has 1 aromatic carbocycles. The minimum Gasteiger partial charge on any atom is -0.314 e. The molecule has 1 unspecified atom stereocenters. The van der Waals surface area contributed by atoms with Gasteiger partial charge in [-0.2, -0.15) is 0 Å². The number of benzene rings is 1. The molecule has 1 atom stereocenters. The van der Waals surface area contributed by atoms with Crippen molar-refractivity contribution in [3.8, 4) is 0 Å². The van der Waals surface area contributed by atoms with E-state index in [0.717, 1.165) is 31.4 Å². The zero-order chi connectivity index (χ0) is 12.5. The number of aryl methyl sites for hydroxylation is 1. The van der Waals surface area contributed by atoms with Crippen molar-refractivity contribution in [3.63, 3.8) is 0 Å². The minimum absolute atomic E-state index is 0.0711. The SMILES string of the molecule is CCCNC(CCC)CCc1ccccc1F. The highest BCUT2D eigenvalue weighted by molar-refractivity contribution is 5.17. The van der Waals surface area contributed by atoms with Gasteiger partial charge in [0.15, 0.2) is 0 Å². The van der Waals surface area contributed by atoms with E-state index in [-0.39, 0.29) is 5.82 Å². The largest absolute Gasteiger partial charge is 0.314 e. The molecule has 0 aliphatic rings. The van der Waals surface area contributed by atoms with Crippen molar-refractivity contribution in [2.75, 3.05) is 6.54 Å². The smallest absolute Gasteiger partial charge is 0.126 e. The van der Waals surface area contributed by atoms with Crippen LogP contribution in [0, 0.1) is 5.82 Å². The van der Waals surface area contributed by atoms with Crippen LogP contribution in [-0.2, 0) is 6.42 Å². The van der Waals surface area contributed by atoms with Crippen LogP contribution in [-0.4, -0.2) is 12.6 Å². The average molecular weight is 237 g/mol. The normalized spacial score (nSPS) is 12.6. The second kappa shape index (κ2) is 8.24. The fraction of sp³-hybridized carbons (Fsp3) is 0.600. The van der Waals surface area contributed by atoms with E-state index >= 15 is 0 Å². The van der Waals surface area contributed by atoms with Crippen LogP contribution in [0.25, 0.3) is 0 Å². The van der Waals surface area contributed by atoms with Crippen molar-refractivity contribution in [2.24, 2.45) is 0 Å². The lowest BCUT2D eigenvalue weighted by molar-refractivity contribution is 0.445. The fourth-order valence-corrected chi connectivity index (χ4v) is 2.08. The molecule has 0 bridgehead atoms. The van der Waals surface area contributed by atoms with Gasteiger partial charge in [-0.1, -0.05) is 38.5 Å². The Morgan fingerprint density at radius 2 is 1.88 bits per heavy atom. The van der Waals surface area contributed by atoms with Crippen LogP contribution in [0.5, 0.6) is 0 Å². The molecule has 17 heavy (non-hydrogen) atoms. The third-order valence-electron chi connectivity index (χ3n) is 3.04. The maximum atomic E-state index is 13.5. The van der Waals surface area contributed by atoms with Gasteiger partial charge in [0.2, 0.25) is 0 Å². The van der Waals surface area contributed by atoms with Crippen molar-refractivity contribution >= 4 is 0 Å². The summed E-state index contributed by atoms with van der Waals surface area (Å²) < 4.78 is 13.5. The van der Waals surface area contributed by atoms with Gasteiger partial charge in [-0.25, -0.2) is 4.39 Å². The molecular formula is C15H24FN. The van der Waals surface area contributed by atoms with Crippen LogP contribution in [0.4, 0.5) is 4.39 Å². The molecule has 0 amide bonds. The van der Waals surface area contributed by atoms with Crippen LogP contribution in [0.15, 0.2) is 24.3 Å². The Balaban J connectivity index is 2.42. The summed E-state index contributed by atoms with van der Waals surface area (Å²) in [7, 11) is 0. The molecule has 0 aliphatic carbocycles. The lowest BCUT2D eigenvalue weighted by atomic mass is 10.0. The summed E-state index contributed by atoms with van der Waals surface area (Å²) in [6.45, 7) is 5.43. The quantitative estimate of drug-likeness (QED) is 0.722. The monoisotopic (exact) mass is 237 g/mol. The van der Waals surface area contributed by atoms with E-state index in [9.17, 15) is 4.39 Å². The molecule has 0 spiro atoms. The summed E-state index contributed by atoms with van der Waals surface area (Å²) in [6.07, 6.45) is 5.36. The number of hydrogen-bond acceptors (Lipinski definition) is 1. The van der Waals surface area contributed by atoms with Crippen LogP contribution in [0.2, 0.25) is 0 Å². The molecule has 0 aromatic heterocycles. The van der Waals surface area contributed by atoms with Gasteiger partial charge in [0.25, 0.3) is 0 Å². The first kappa shape index (κ1) is 14.2. The average Bonchev–Trinajstić information content (AvgIpc) is 2.34. The topological polar surface area (TPSA) is 12.0 Å². The van der Waals surface area contributed by atoms with Gasteiger partial charge in [-0.3, -0.25) is 0 Å². The van der Waals surface area contributed by atoms with Crippen LogP contribution < -0.4 is 5.32 Å². The maximum Gasteiger partial charge on any atom is 0.126 e. The minimum atomic E-state index is -0.0711. The molecule has 0 radical (unpaired) electrons. The highest BCUT2D eigenvalue weighted by Crippen LogP contribution is 2.12. The second-order valence-electron chi connectivity index (χ2n) is 4.57. The summed E-state index contributed by atoms with van der Waals surface area (Å²) >= 11 is 0. The molecule has 1 aromatic rings. The Labute approximate surface area is 104 Å². The second-order valence-corrected chi connectivity index (χ2v) is 4.57. The lowest BCUT2D eigenvalue weighted by Gasteiger charge is -2.17. The first-order valence-corrected chi connectivity index (χ1v) is 6.74. The molecule has 1 nitrogen and oxygen atoms in total. The molecule has 0 aliphatic heterocycles. The van der Waals surface area contributed by atoms with Crippen molar-refractivity contribution < 1.29 is 4.39 Å². The third-order valence-corrected chi connectivity index (χ3v) is 3.04. The van der Waals surface area contributed by atoms with E-state index < -0.39 is 0 Å². The number of halogens is 1. The standard InChI is InChI=1S/C15H24FN/c1-3-7-14(17-12-4-2)11-10-13-8-5-6-9-15(13)16/h5-6,8-9,14,17H,3-4,7,10-12H2,1-2H3. The molecule has 0 fully saturated rings. The van der Waals surface area contributed by atoms with Gasteiger partial charge in [0.05, 0.1) is 0 Å². The zero-order valence-electron chi connectivity index (χ0n) is 11.0. The Morgan fingerprint density at radius 1 is 1.12 bits per heavy atom. The van der Waals surface area contributed by atoms with Gasteiger partial charge in [-0.15, -0.1) is 0 Å². The van der Waals surface area contributed by atoms with Gasteiger partial charge in [0, 0.05) is 6.04 Å². The van der Waals surface area contributed by atoms with Gasteiger partial charge < -0.3 is 5.32 Å². The van der Waals surface area contributed by atoms with E-state index in [1.54, 1.807) is 12.1 Å². The molecule has 0 saturated heterocycles. The third kappa shape index (κ3) is 5.31. The number of hydrogen-bond donors (Lipinski definition) is 1. The predicted octanol–water partition coefficient (Wildman–Crippen LogP) is 3.93. The predicted molar refractivity (Wildman–Crippen MR) is 71.7 cm³/mol. The first-order chi connectivity index (χ1) is 8.27. The van der Waals surface area contributed by atoms with Gasteiger partial charge >= 0.3 is 0 Å². The molecule has 2 heteroatoms. The Morgan fingerprint density at radius 3 is 2.53 bits per heavy atom. The summed E-state index contributed by atoms with van der Waals surface area (Å²) in [6, 6.07) is 7.62. The van der Waals surface area contributed by atoms with Crippen LogP contribution in [0.3, 0.4) is 0 Å². The lowest BCUT2D eigenvalue weighted by Crippen LogP contribution is -2.30. The molecule has 0 saturated carbocycles. The van der Waals surface area contributed by atoms with Crippen molar-refractivity contribution in [1.29, 1.82) is 0 Å². The Bertz CT molecular complexity index is 312. The van der Waals surface area contributed by atoms with Crippen molar-refractivity contribution in [2.45, 2.75) is 52.0 Å². The Hall–Kier alpha value is -0.890. The van der Waals surface area contributed by atoms with Gasteiger partial charge in [-0.05, 0) is 43.9 Å². The highest BCUT2D eigenvalue weighted by atomic mass is 19.1. The summed E-state index contributed by atoms with van der Waals surface area (Å²) in [5.41, 5.74) is 0.840. The van der Waals surface area contributed by atoms with E-state index in [0.29, 0.717) is 6.04 Å². The van der Waals surface area contributed by atoms with E-state index in [1.807, 2.05) is 12.1 Å². The van der Waals surface area contributed by atoms with Crippen LogP contribution in [0.1, 0.15) is 45.1 Å². The molecule has 0 heterocycles. The molecule has 1 N–H and O–H groups in total. The van der Waals surface area contributed by atoms with Crippen molar-refractivity contribution in [3.05, 3.63) is 35.6 Å². The summed E-state index contributed by atoms with van der Waals surface area (Å²) in [5, 5.41) is 3.54. The number of nitrogens with one attached hydrogen (secondary N) is 1. The summed E-state index contributed by atoms with van der Waals surface area (Å²) in [4.78, 5) is 0. The Kier molecular flexibility index (Phi) is 6.87.